The van der Waals surface area contributed by atoms with Gasteiger partial charge in [0.1, 0.15) is 0 Å². The van der Waals surface area contributed by atoms with Gasteiger partial charge in [-0.3, -0.25) is 0 Å². The molecule has 0 atom stereocenters. The minimum Gasteiger partial charge on any atom is -1.00 e. The highest BCUT2D eigenvalue weighted by atomic mass is 79.9. The van der Waals surface area contributed by atoms with Crippen molar-refractivity contribution in [3.63, 3.8) is 0 Å². The van der Waals surface area contributed by atoms with Gasteiger partial charge in [-0.15, -0.1) is 0 Å². The molecule has 1 heterocycles. The Bertz CT molecular complexity index is 483. The summed E-state index contributed by atoms with van der Waals surface area (Å²) in [5.41, 5.74) is 2.23. The molecule has 3 nitrogen and oxygen atoms in total. The van der Waals surface area contributed by atoms with Crippen molar-refractivity contribution in [3.8, 4) is 0 Å². The van der Waals surface area contributed by atoms with Crippen LogP contribution >= 0.6 is 0 Å². The van der Waals surface area contributed by atoms with E-state index in [0.717, 1.165) is 18.5 Å². The van der Waals surface area contributed by atoms with Gasteiger partial charge < -0.3 is 22.2 Å². The van der Waals surface area contributed by atoms with Crippen LogP contribution < -0.4 is 21.5 Å². The summed E-state index contributed by atoms with van der Waals surface area (Å²) >= 11 is 0. The second-order valence-electron chi connectivity index (χ2n) is 3.85. The third-order valence-electron chi connectivity index (χ3n) is 2.63. The summed E-state index contributed by atoms with van der Waals surface area (Å²) < 4.78 is 2.11. The minimum absolute atomic E-state index is 0. The molecule has 0 amide bonds. The molecule has 1 N–H and O–H groups in total. The van der Waals surface area contributed by atoms with Crippen molar-refractivity contribution in [2.75, 3.05) is 0 Å². The van der Waals surface area contributed by atoms with Gasteiger partial charge in [0.25, 0.3) is 0 Å². The molecule has 0 aliphatic heterocycles. The van der Waals surface area contributed by atoms with Crippen LogP contribution in [-0.2, 0) is 13.0 Å². The van der Waals surface area contributed by atoms with Crippen LogP contribution in [0.15, 0.2) is 60.0 Å². The highest BCUT2D eigenvalue weighted by Crippen LogP contribution is 1.99. The lowest BCUT2D eigenvalue weighted by molar-refractivity contribution is -0.696. The van der Waals surface area contributed by atoms with E-state index in [1.807, 2.05) is 30.6 Å². The summed E-state index contributed by atoms with van der Waals surface area (Å²) in [6.07, 6.45) is 6.40. The molecule has 18 heavy (non-hydrogen) atoms. The monoisotopic (exact) mass is 306 g/mol. The van der Waals surface area contributed by atoms with E-state index in [4.69, 9.17) is 5.21 Å². The zero-order valence-corrected chi connectivity index (χ0v) is 11.5. The summed E-state index contributed by atoms with van der Waals surface area (Å²) in [7, 11) is 0. The molecule has 2 aromatic rings. The van der Waals surface area contributed by atoms with Gasteiger partial charge >= 0.3 is 0 Å². The van der Waals surface area contributed by atoms with E-state index in [9.17, 15) is 0 Å². The average molecular weight is 307 g/mol. The Morgan fingerprint density at radius 1 is 1.06 bits per heavy atom. The Morgan fingerprint density at radius 3 is 2.33 bits per heavy atom. The van der Waals surface area contributed by atoms with Crippen LogP contribution in [0.25, 0.3) is 0 Å². The fraction of sp³-hybridized carbons (Fsp3) is 0.143. The molecule has 0 spiro atoms. The molecule has 0 saturated carbocycles. The molecule has 1 aromatic heterocycles. The summed E-state index contributed by atoms with van der Waals surface area (Å²) in [6.45, 7) is 0.945. The first-order valence-corrected chi connectivity index (χ1v) is 5.59. The van der Waals surface area contributed by atoms with Gasteiger partial charge in [0, 0.05) is 24.1 Å². The molecule has 94 valence electrons. The Balaban J connectivity index is 0.00000162. The van der Waals surface area contributed by atoms with Crippen LogP contribution in [-0.4, -0.2) is 11.4 Å². The van der Waals surface area contributed by atoms with E-state index in [1.54, 1.807) is 0 Å². The molecule has 0 aliphatic carbocycles. The first-order valence-electron chi connectivity index (χ1n) is 5.59. The Hall–Kier alpha value is -1.68. The highest BCUT2D eigenvalue weighted by Gasteiger charge is 2.00. The minimum atomic E-state index is 0. The number of halogens is 1. The SMILES string of the molecule is ON=Cc1cc[n+](CCc2ccccc2)cc1.[Br-]. The number of oxime groups is 1. The van der Waals surface area contributed by atoms with E-state index in [0.29, 0.717) is 0 Å². The summed E-state index contributed by atoms with van der Waals surface area (Å²) in [6, 6.07) is 14.2. The summed E-state index contributed by atoms with van der Waals surface area (Å²) in [5, 5.41) is 11.4. The van der Waals surface area contributed by atoms with Crippen LogP contribution in [0.4, 0.5) is 0 Å². The van der Waals surface area contributed by atoms with Gasteiger partial charge in [-0.2, -0.15) is 0 Å². The smallest absolute Gasteiger partial charge is 0.169 e. The molecule has 0 saturated heterocycles. The first-order chi connectivity index (χ1) is 8.38. The third kappa shape index (κ3) is 4.30. The number of hydrogen-bond acceptors (Lipinski definition) is 2. The van der Waals surface area contributed by atoms with Crippen molar-refractivity contribution in [2.45, 2.75) is 13.0 Å². The van der Waals surface area contributed by atoms with Gasteiger partial charge in [-0.05, 0) is 5.56 Å². The molecule has 2 rings (SSSR count). The summed E-state index contributed by atoms with van der Waals surface area (Å²) in [4.78, 5) is 0. The largest absolute Gasteiger partial charge is 1.00 e. The van der Waals surface area contributed by atoms with Crippen molar-refractivity contribution < 1.29 is 26.8 Å². The highest BCUT2D eigenvalue weighted by molar-refractivity contribution is 5.78. The number of rotatable bonds is 4. The molecule has 0 unspecified atom stereocenters. The Kier molecular flexibility index (Phi) is 6.08. The van der Waals surface area contributed by atoms with E-state index in [2.05, 4.69) is 34.0 Å². The molecule has 0 bridgehead atoms. The van der Waals surface area contributed by atoms with Crippen molar-refractivity contribution in [1.82, 2.24) is 0 Å². The molecule has 0 radical (unpaired) electrons. The van der Waals surface area contributed by atoms with Crippen LogP contribution in [0.5, 0.6) is 0 Å². The Morgan fingerprint density at radius 2 is 1.72 bits per heavy atom. The number of pyridine rings is 1. The van der Waals surface area contributed by atoms with E-state index >= 15 is 0 Å². The maximum absolute atomic E-state index is 8.40. The fourth-order valence-corrected chi connectivity index (χ4v) is 1.67. The number of aromatic nitrogens is 1. The van der Waals surface area contributed by atoms with Gasteiger partial charge in [0.15, 0.2) is 18.9 Å². The number of hydrogen-bond donors (Lipinski definition) is 1. The lowest BCUT2D eigenvalue weighted by atomic mass is 10.1. The average Bonchev–Trinajstić information content (AvgIpc) is 2.40. The third-order valence-corrected chi connectivity index (χ3v) is 2.63. The molecular weight excluding hydrogens is 292 g/mol. The zero-order chi connectivity index (χ0) is 11.9. The van der Waals surface area contributed by atoms with Gasteiger partial charge in [-0.1, -0.05) is 35.5 Å². The standard InChI is InChI=1S/C14H14N2O.BrH/c17-15-12-14-7-10-16(11-8-14)9-6-13-4-2-1-3-5-13;/h1-5,7-8,10-12H,6,9H2;1H. The van der Waals surface area contributed by atoms with Crippen molar-refractivity contribution >= 4 is 6.21 Å². The Labute approximate surface area is 117 Å². The molecule has 0 fully saturated rings. The maximum atomic E-state index is 8.40. The predicted molar refractivity (Wildman–Crippen MR) is 66.2 cm³/mol. The van der Waals surface area contributed by atoms with E-state index in [1.165, 1.54) is 11.8 Å². The van der Waals surface area contributed by atoms with Gasteiger partial charge in [0.2, 0.25) is 0 Å². The lowest BCUT2D eigenvalue weighted by Crippen LogP contribution is -3.00. The second-order valence-corrected chi connectivity index (χ2v) is 3.85. The predicted octanol–water partition coefficient (Wildman–Crippen LogP) is -0.971. The molecule has 0 aliphatic rings. The second kappa shape index (κ2) is 7.61. The van der Waals surface area contributed by atoms with Crippen LogP contribution in [0.2, 0.25) is 0 Å². The maximum Gasteiger partial charge on any atom is 0.169 e. The lowest BCUT2D eigenvalue weighted by Gasteiger charge is -1.98. The van der Waals surface area contributed by atoms with Crippen molar-refractivity contribution in [2.24, 2.45) is 5.16 Å². The van der Waals surface area contributed by atoms with E-state index in [-0.39, 0.29) is 17.0 Å². The van der Waals surface area contributed by atoms with Gasteiger partial charge in [0.05, 0.1) is 6.21 Å². The molecule has 1 aromatic carbocycles. The number of nitrogens with zero attached hydrogens (tertiary/aromatic N) is 2. The van der Waals surface area contributed by atoms with Gasteiger partial charge in [-0.25, -0.2) is 4.57 Å². The molecular formula is C14H15BrN2O. The zero-order valence-electron chi connectivity index (χ0n) is 9.91. The van der Waals surface area contributed by atoms with Crippen molar-refractivity contribution in [1.29, 1.82) is 0 Å². The van der Waals surface area contributed by atoms with Crippen molar-refractivity contribution in [3.05, 3.63) is 66.0 Å². The van der Waals surface area contributed by atoms with Crippen LogP contribution in [0.1, 0.15) is 11.1 Å². The number of benzene rings is 1. The van der Waals surface area contributed by atoms with Crippen LogP contribution in [0.3, 0.4) is 0 Å². The topological polar surface area (TPSA) is 36.5 Å². The fourth-order valence-electron chi connectivity index (χ4n) is 1.67. The normalized spacial score (nSPS) is 10.2. The summed E-state index contributed by atoms with van der Waals surface area (Å²) in [5.74, 6) is 0. The molecule has 4 heteroatoms. The number of aryl methyl sites for hydroxylation is 2. The quantitative estimate of drug-likeness (QED) is 0.335. The van der Waals surface area contributed by atoms with E-state index < -0.39 is 0 Å². The van der Waals surface area contributed by atoms with Crippen LogP contribution in [0, 0.1) is 0 Å². The first kappa shape index (κ1) is 14.4.